The van der Waals surface area contributed by atoms with Crippen LogP contribution in [-0.2, 0) is 11.3 Å². The van der Waals surface area contributed by atoms with E-state index in [1.807, 2.05) is 6.92 Å². The summed E-state index contributed by atoms with van der Waals surface area (Å²) >= 11 is 5.61. The van der Waals surface area contributed by atoms with Gasteiger partial charge in [0.1, 0.15) is 18.8 Å². The minimum absolute atomic E-state index is 0.178. The molecule has 1 aliphatic heterocycles. The molecule has 0 bridgehead atoms. The van der Waals surface area contributed by atoms with Crippen LogP contribution in [0, 0.1) is 6.92 Å². The first-order valence-corrected chi connectivity index (χ1v) is 13.9. The van der Waals surface area contributed by atoms with Crippen molar-refractivity contribution in [2.24, 2.45) is 0 Å². The number of aryl methyl sites for hydroxylation is 1. The molecule has 4 rings (SSSR count). The van der Waals surface area contributed by atoms with Gasteiger partial charge in [0, 0.05) is 43.8 Å². The van der Waals surface area contributed by atoms with Crippen LogP contribution in [0.4, 0.5) is 5.82 Å². The van der Waals surface area contributed by atoms with Gasteiger partial charge in [0.15, 0.2) is 16.6 Å². The van der Waals surface area contributed by atoms with Gasteiger partial charge in [0.05, 0.1) is 68.5 Å². The SMILES string of the molecule is COc1cc2c(N3CCN(C(=S)NCc4cncc(C)n4)CC3)ncnc2cc1OCC(O)CC(=O)NC(CO)CO. The summed E-state index contributed by atoms with van der Waals surface area (Å²) in [6.45, 7) is 4.22. The Morgan fingerprint density at radius 3 is 2.57 bits per heavy atom. The number of fused-ring (bicyclic) bond motifs is 1. The highest BCUT2D eigenvalue weighted by Gasteiger charge is 2.23. The summed E-state index contributed by atoms with van der Waals surface area (Å²) in [7, 11) is 1.51. The average Bonchev–Trinajstić information content (AvgIpc) is 3.00. The number of rotatable bonds is 12. The molecule has 1 fully saturated rings. The Morgan fingerprint density at radius 1 is 1.12 bits per heavy atom. The molecule has 1 aliphatic rings. The lowest BCUT2D eigenvalue weighted by Crippen LogP contribution is -2.51. The van der Waals surface area contributed by atoms with Crippen LogP contribution in [0.15, 0.2) is 30.9 Å². The highest BCUT2D eigenvalue weighted by Crippen LogP contribution is 2.35. The number of methoxy groups -OCH3 is 1. The van der Waals surface area contributed by atoms with Crippen molar-refractivity contribution in [3.8, 4) is 11.5 Å². The van der Waals surface area contributed by atoms with Crippen LogP contribution in [0.25, 0.3) is 10.9 Å². The molecule has 42 heavy (non-hydrogen) atoms. The van der Waals surface area contributed by atoms with Crippen LogP contribution in [0.5, 0.6) is 11.5 Å². The lowest BCUT2D eigenvalue weighted by Gasteiger charge is -2.37. The smallest absolute Gasteiger partial charge is 0.223 e. The number of benzene rings is 1. The topological polar surface area (TPSA) is 178 Å². The fraction of sp³-hybridized carbons (Fsp3) is 0.481. The van der Waals surface area contributed by atoms with Crippen molar-refractivity contribution >= 4 is 40.0 Å². The minimum Gasteiger partial charge on any atom is -0.493 e. The van der Waals surface area contributed by atoms with Crippen molar-refractivity contribution in [2.45, 2.75) is 32.0 Å². The van der Waals surface area contributed by atoms with E-state index in [0.717, 1.165) is 22.6 Å². The van der Waals surface area contributed by atoms with E-state index in [-0.39, 0.29) is 13.0 Å². The molecule has 0 aliphatic carbocycles. The van der Waals surface area contributed by atoms with Crippen molar-refractivity contribution in [1.29, 1.82) is 0 Å². The molecular weight excluding hydrogens is 564 g/mol. The van der Waals surface area contributed by atoms with E-state index in [1.54, 1.807) is 24.5 Å². The zero-order valence-corrected chi connectivity index (χ0v) is 24.4. The number of ether oxygens (including phenoxy) is 2. The summed E-state index contributed by atoms with van der Waals surface area (Å²) in [5.41, 5.74) is 2.32. The van der Waals surface area contributed by atoms with Crippen molar-refractivity contribution in [3.05, 3.63) is 42.2 Å². The van der Waals surface area contributed by atoms with Crippen molar-refractivity contribution in [1.82, 2.24) is 35.5 Å². The number of piperazine rings is 1. The number of thiocarbonyl (C=S) groups is 1. The second-order valence-electron chi connectivity index (χ2n) is 9.80. The first-order valence-electron chi connectivity index (χ1n) is 13.5. The largest absolute Gasteiger partial charge is 0.493 e. The number of aromatic nitrogens is 4. The molecule has 1 atom stereocenters. The highest BCUT2D eigenvalue weighted by molar-refractivity contribution is 7.80. The lowest BCUT2D eigenvalue weighted by atomic mass is 10.2. The molecule has 1 aromatic carbocycles. The number of nitrogens with one attached hydrogen (secondary N) is 2. The molecule has 0 saturated carbocycles. The first-order chi connectivity index (χ1) is 20.3. The Bertz CT molecular complexity index is 1370. The fourth-order valence-electron chi connectivity index (χ4n) is 4.47. The number of amides is 1. The average molecular weight is 601 g/mol. The van der Waals surface area contributed by atoms with Gasteiger partial charge in [-0.3, -0.25) is 14.8 Å². The summed E-state index contributed by atoms with van der Waals surface area (Å²) in [6, 6.07) is 2.73. The van der Waals surface area contributed by atoms with Gasteiger partial charge in [-0.05, 0) is 25.2 Å². The Hall–Kier alpha value is -3.92. The third-order valence-electron chi connectivity index (χ3n) is 6.65. The molecule has 1 unspecified atom stereocenters. The van der Waals surface area contributed by atoms with Crippen LogP contribution in [-0.4, -0.2) is 116 Å². The summed E-state index contributed by atoms with van der Waals surface area (Å²) in [5.74, 6) is 1.04. The Kier molecular flexibility index (Phi) is 10.9. The van der Waals surface area contributed by atoms with E-state index >= 15 is 0 Å². The Labute approximate surface area is 248 Å². The van der Waals surface area contributed by atoms with E-state index in [4.69, 9.17) is 31.9 Å². The molecule has 3 aromatic rings. The Balaban J connectivity index is 1.36. The van der Waals surface area contributed by atoms with E-state index in [0.29, 0.717) is 54.9 Å². The normalized spacial score (nSPS) is 14.1. The number of aliphatic hydroxyl groups is 3. The van der Waals surface area contributed by atoms with Gasteiger partial charge in [-0.25, -0.2) is 9.97 Å². The van der Waals surface area contributed by atoms with E-state index in [2.05, 4.69) is 40.4 Å². The summed E-state index contributed by atoms with van der Waals surface area (Å²) in [5, 5.41) is 35.6. The maximum absolute atomic E-state index is 12.0. The minimum atomic E-state index is -1.12. The molecule has 5 N–H and O–H groups in total. The van der Waals surface area contributed by atoms with Crippen molar-refractivity contribution < 1.29 is 29.6 Å². The molecule has 2 aromatic heterocycles. The number of aliphatic hydroxyl groups excluding tert-OH is 3. The van der Waals surface area contributed by atoms with Crippen LogP contribution in [0.2, 0.25) is 0 Å². The lowest BCUT2D eigenvalue weighted by molar-refractivity contribution is -0.124. The van der Waals surface area contributed by atoms with E-state index < -0.39 is 31.3 Å². The van der Waals surface area contributed by atoms with E-state index in [9.17, 15) is 9.90 Å². The van der Waals surface area contributed by atoms with Crippen LogP contribution in [0.3, 0.4) is 0 Å². The molecule has 226 valence electrons. The van der Waals surface area contributed by atoms with Crippen LogP contribution >= 0.6 is 12.2 Å². The zero-order valence-electron chi connectivity index (χ0n) is 23.6. The van der Waals surface area contributed by atoms with Crippen LogP contribution < -0.4 is 25.0 Å². The van der Waals surface area contributed by atoms with Gasteiger partial charge in [0.25, 0.3) is 0 Å². The highest BCUT2D eigenvalue weighted by atomic mass is 32.1. The maximum Gasteiger partial charge on any atom is 0.223 e. The van der Waals surface area contributed by atoms with E-state index in [1.165, 1.54) is 13.4 Å². The predicted molar refractivity (Wildman–Crippen MR) is 158 cm³/mol. The molecule has 3 heterocycles. The molecule has 0 radical (unpaired) electrons. The number of anilines is 1. The zero-order chi connectivity index (χ0) is 30.1. The number of carbonyl (C=O) groups is 1. The van der Waals surface area contributed by atoms with Gasteiger partial charge < -0.3 is 45.2 Å². The summed E-state index contributed by atoms with van der Waals surface area (Å²) < 4.78 is 11.3. The van der Waals surface area contributed by atoms with Crippen molar-refractivity contribution in [2.75, 3.05) is 58.0 Å². The molecular formula is C27H36N8O6S. The quantitative estimate of drug-likeness (QED) is 0.169. The van der Waals surface area contributed by atoms with Gasteiger partial charge >= 0.3 is 0 Å². The molecule has 0 spiro atoms. The first kappa shape index (κ1) is 31.0. The third-order valence-corrected chi connectivity index (χ3v) is 7.05. The second-order valence-corrected chi connectivity index (χ2v) is 10.2. The van der Waals surface area contributed by atoms with Crippen molar-refractivity contribution in [3.63, 3.8) is 0 Å². The van der Waals surface area contributed by atoms with Gasteiger partial charge in [-0.15, -0.1) is 0 Å². The predicted octanol–water partition coefficient (Wildman–Crippen LogP) is -0.467. The molecule has 14 nitrogen and oxygen atoms in total. The number of nitrogens with zero attached hydrogens (tertiary/aromatic N) is 6. The monoisotopic (exact) mass is 600 g/mol. The maximum atomic E-state index is 12.0. The summed E-state index contributed by atoms with van der Waals surface area (Å²) in [6.07, 6.45) is 3.55. The number of hydrogen-bond acceptors (Lipinski definition) is 12. The third kappa shape index (κ3) is 8.09. The molecule has 15 heteroatoms. The van der Waals surface area contributed by atoms with Gasteiger partial charge in [-0.2, -0.15) is 0 Å². The molecule has 1 saturated heterocycles. The second kappa shape index (κ2) is 14.8. The van der Waals surface area contributed by atoms with Crippen LogP contribution in [0.1, 0.15) is 17.8 Å². The summed E-state index contributed by atoms with van der Waals surface area (Å²) in [4.78, 5) is 33.9. The fourth-order valence-corrected chi connectivity index (χ4v) is 4.72. The van der Waals surface area contributed by atoms with Gasteiger partial charge in [0.2, 0.25) is 5.91 Å². The van der Waals surface area contributed by atoms with Gasteiger partial charge in [-0.1, -0.05) is 0 Å². The standard InChI is InChI=1S/C27H36N8O6S/c1-17-10-28-11-18(32-17)12-29-27(42)35-5-3-34(4-6-35)26-21-8-23(40-2)24(9-22(21)30-16-31-26)41-15-20(38)7-25(39)33-19(13-36)14-37/h8-11,16,19-20,36-38H,3-7,12-15H2,1-2H3,(H,29,42)(H,33,39). The Morgan fingerprint density at radius 2 is 1.88 bits per heavy atom. The molecule has 1 amide bonds. The number of carbonyl (C=O) groups excluding carboxylic acids is 1. The number of hydrogen-bond donors (Lipinski definition) is 5.